The summed E-state index contributed by atoms with van der Waals surface area (Å²) >= 11 is 0. The Morgan fingerprint density at radius 3 is 3.04 bits per heavy atom. The number of nitrogens with zero attached hydrogens (tertiary/aromatic N) is 5. The van der Waals surface area contributed by atoms with Crippen molar-refractivity contribution in [3.05, 3.63) is 48.2 Å². The van der Waals surface area contributed by atoms with Gasteiger partial charge in [-0.05, 0) is 37.6 Å². The van der Waals surface area contributed by atoms with E-state index in [0.717, 1.165) is 42.9 Å². The molecule has 7 heteroatoms. The molecule has 3 aromatic heterocycles. The number of ether oxygens (including phenoxy) is 1. The van der Waals surface area contributed by atoms with Gasteiger partial charge in [0, 0.05) is 51.1 Å². The Hall–Kier alpha value is -2.67. The number of imidazole rings is 1. The lowest BCUT2D eigenvalue weighted by atomic mass is 10.2. The summed E-state index contributed by atoms with van der Waals surface area (Å²) in [5.41, 5.74) is 2.98. The zero-order valence-corrected chi connectivity index (χ0v) is 16.5. The lowest BCUT2D eigenvalue weighted by molar-refractivity contribution is -0.132. The number of rotatable bonds is 7. The summed E-state index contributed by atoms with van der Waals surface area (Å²) in [4.78, 5) is 23.9. The molecule has 4 heterocycles. The van der Waals surface area contributed by atoms with Gasteiger partial charge in [0.1, 0.15) is 11.3 Å². The highest BCUT2D eigenvalue weighted by molar-refractivity contribution is 5.76. The van der Waals surface area contributed by atoms with E-state index in [1.165, 1.54) is 5.69 Å². The van der Waals surface area contributed by atoms with Crippen LogP contribution in [0.15, 0.2) is 36.7 Å². The number of aromatic nitrogens is 4. The summed E-state index contributed by atoms with van der Waals surface area (Å²) < 4.78 is 9.70. The van der Waals surface area contributed by atoms with Gasteiger partial charge >= 0.3 is 0 Å². The molecule has 7 nitrogen and oxygen atoms in total. The number of carbonyl (C=O) groups excluding carboxylic acids is 1. The zero-order valence-electron chi connectivity index (χ0n) is 16.5. The first-order valence-electron chi connectivity index (χ1n) is 9.90. The maximum atomic E-state index is 12.7. The molecule has 0 bridgehead atoms. The van der Waals surface area contributed by atoms with Crippen LogP contribution in [-0.4, -0.2) is 50.2 Å². The molecule has 0 saturated heterocycles. The van der Waals surface area contributed by atoms with E-state index in [2.05, 4.69) is 33.3 Å². The first-order chi connectivity index (χ1) is 13.7. The monoisotopic (exact) mass is 381 g/mol. The van der Waals surface area contributed by atoms with Crippen molar-refractivity contribution in [2.45, 2.75) is 45.3 Å². The van der Waals surface area contributed by atoms with Crippen LogP contribution in [0.1, 0.15) is 37.3 Å². The molecule has 0 N–H and O–H groups in total. The minimum absolute atomic E-state index is 0.144. The largest absolute Gasteiger partial charge is 0.383 e. The molecule has 0 aromatic carbocycles. The summed E-state index contributed by atoms with van der Waals surface area (Å²) in [6.45, 7) is 5.08. The fraction of sp³-hybridized carbons (Fsp3) is 0.476. The Bertz CT molecular complexity index is 961. The van der Waals surface area contributed by atoms with Crippen LogP contribution in [0.5, 0.6) is 0 Å². The molecule has 1 aliphatic heterocycles. The van der Waals surface area contributed by atoms with Crippen LogP contribution in [0, 0.1) is 0 Å². The normalized spacial score (nSPS) is 15.0. The number of hydrogen-bond acceptors (Lipinski definition) is 4. The van der Waals surface area contributed by atoms with Gasteiger partial charge in [0.05, 0.1) is 19.2 Å². The van der Waals surface area contributed by atoms with E-state index >= 15 is 0 Å². The Balaban J connectivity index is 1.41. The van der Waals surface area contributed by atoms with E-state index in [9.17, 15) is 4.79 Å². The molecule has 0 radical (unpaired) electrons. The molecule has 1 aliphatic rings. The Morgan fingerprint density at radius 2 is 2.18 bits per heavy atom. The third-order valence-corrected chi connectivity index (χ3v) is 5.40. The summed E-state index contributed by atoms with van der Waals surface area (Å²) in [5, 5.41) is 0. The average molecular weight is 381 g/mol. The van der Waals surface area contributed by atoms with Crippen LogP contribution >= 0.6 is 0 Å². The molecule has 0 aliphatic carbocycles. The second kappa shape index (κ2) is 8.14. The van der Waals surface area contributed by atoms with Gasteiger partial charge in [0.15, 0.2) is 5.65 Å². The van der Waals surface area contributed by atoms with Crippen molar-refractivity contribution in [2.75, 3.05) is 20.3 Å². The smallest absolute Gasteiger partial charge is 0.222 e. The Labute approximate surface area is 164 Å². The topological polar surface area (TPSA) is 65.2 Å². The first-order valence-corrected chi connectivity index (χ1v) is 9.90. The van der Waals surface area contributed by atoms with Crippen LogP contribution in [0.3, 0.4) is 0 Å². The summed E-state index contributed by atoms with van der Waals surface area (Å²) in [6, 6.07) is 8.16. The fourth-order valence-electron chi connectivity index (χ4n) is 4.01. The summed E-state index contributed by atoms with van der Waals surface area (Å²) in [6.07, 6.45) is 5.94. The third-order valence-electron chi connectivity index (χ3n) is 5.40. The molecule has 1 atom stereocenters. The number of amides is 1. The number of hydrogen-bond donors (Lipinski definition) is 0. The van der Waals surface area contributed by atoms with Crippen LogP contribution in [-0.2, 0) is 29.0 Å². The molecule has 148 valence electrons. The molecule has 1 amide bonds. The van der Waals surface area contributed by atoms with Crippen molar-refractivity contribution >= 4 is 17.1 Å². The van der Waals surface area contributed by atoms with Gasteiger partial charge in [0.2, 0.25) is 5.91 Å². The maximum Gasteiger partial charge on any atom is 0.222 e. The van der Waals surface area contributed by atoms with E-state index < -0.39 is 0 Å². The second-order valence-corrected chi connectivity index (χ2v) is 7.41. The van der Waals surface area contributed by atoms with E-state index in [0.29, 0.717) is 19.6 Å². The maximum absolute atomic E-state index is 12.7. The Morgan fingerprint density at radius 1 is 1.29 bits per heavy atom. The van der Waals surface area contributed by atoms with Crippen LogP contribution in [0.25, 0.3) is 11.2 Å². The van der Waals surface area contributed by atoms with Crippen molar-refractivity contribution in [2.24, 2.45) is 0 Å². The van der Waals surface area contributed by atoms with Gasteiger partial charge in [-0.15, -0.1) is 0 Å². The first kappa shape index (κ1) is 18.7. The summed E-state index contributed by atoms with van der Waals surface area (Å²) in [7, 11) is 1.70. The van der Waals surface area contributed by atoms with Crippen LogP contribution < -0.4 is 0 Å². The highest BCUT2D eigenvalue weighted by atomic mass is 16.5. The van der Waals surface area contributed by atoms with Gasteiger partial charge in [-0.3, -0.25) is 4.79 Å². The van der Waals surface area contributed by atoms with Crippen LogP contribution in [0.2, 0.25) is 0 Å². The quantitative estimate of drug-likeness (QED) is 0.631. The van der Waals surface area contributed by atoms with Gasteiger partial charge in [-0.25, -0.2) is 9.97 Å². The molecule has 28 heavy (non-hydrogen) atoms. The lowest BCUT2D eigenvalue weighted by Crippen LogP contribution is -2.37. The minimum atomic E-state index is 0.144. The highest BCUT2D eigenvalue weighted by Crippen LogP contribution is 2.21. The number of carbonyl (C=O) groups is 1. The molecular formula is C21H27N5O2. The van der Waals surface area contributed by atoms with Gasteiger partial charge in [0.25, 0.3) is 0 Å². The van der Waals surface area contributed by atoms with Crippen LogP contribution in [0.4, 0.5) is 0 Å². The highest BCUT2D eigenvalue weighted by Gasteiger charge is 2.21. The molecular weight excluding hydrogens is 354 g/mol. The third kappa shape index (κ3) is 3.67. The van der Waals surface area contributed by atoms with Crippen molar-refractivity contribution in [1.82, 2.24) is 24.0 Å². The van der Waals surface area contributed by atoms with E-state index in [4.69, 9.17) is 9.72 Å². The van der Waals surface area contributed by atoms with Gasteiger partial charge < -0.3 is 18.8 Å². The lowest BCUT2D eigenvalue weighted by Gasteiger charge is -2.28. The van der Waals surface area contributed by atoms with Gasteiger partial charge in [-0.2, -0.15) is 0 Å². The second-order valence-electron chi connectivity index (χ2n) is 7.41. The standard InChI is InChI=1S/C21H27N5O2/c1-16(15-28-2)26-19(23-18-7-4-10-22-21(18)26)8-3-9-20(27)25-13-12-24-11-5-6-17(24)14-25/h4-7,10-11,16H,3,8-9,12-15H2,1-2H3/t16-/m1/s1. The predicted octanol–water partition coefficient (Wildman–Crippen LogP) is 2.81. The molecule has 0 fully saturated rings. The van der Waals surface area contributed by atoms with Gasteiger partial charge in [-0.1, -0.05) is 0 Å². The van der Waals surface area contributed by atoms with Crippen molar-refractivity contribution < 1.29 is 9.53 Å². The minimum Gasteiger partial charge on any atom is -0.383 e. The van der Waals surface area contributed by atoms with Crippen molar-refractivity contribution in [1.29, 1.82) is 0 Å². The number of aryl methyl sites for hydroxylation is 1. The van der Waals surface area contributed by atoms with Crippen molar-refractivity contribution in [3.8, 4) is 0 Å². The molecule has 0 unspecified atom stereocenters. The van der Waals surface area contributed by atoms with E-state index in [1.807, 2.05) is 23.1 Å². The van der Waals surface area contributed by atoms with Crippen molar-refractivity contribution in [3.63, 3.8) is 0 Å². The fourth-order valence-corrected chi connectivity index (χ4v) is 4.01. The Kier molecular flexibility index (Phi) is 5.43. The number of methoxy groups -OCH3 is 1. The summed E-state index contributed by atoms with van der Waals surface area (Å²) in [5.74, 6) is 1.19. The SMILES string of the molecule is COC[C@@H](C)n1c(CCCC(=O)N2CCn3cccc3C2)nc2cccnc21. The van der Waals surface area contributed by atoms with E-state index in [-0.39, 0.29) is 11.9 Å². The molecule has 3 aromatic rings. The molecule has 0 spiro atoms. The molecule has 4 rings (SSSR count). The molecule has 0 saturated carbocycles. The predicted molar refractivity (Wildman–Crippen MR) is 107 cm³/mol. The number of fused-ring (bicyclic) bond motifs is 2. The van der Waals surface area contributed by atoms with E-state index in [1.54, 1.807) is 13.3 Å². The number of pyridine rings is 1. The zero-order chi connectivity index (χ0) is 19.5. The average Bonchev–Trinajstić information content (AvgIpc) is 3.31.